The van der Waals surface area contributed by atoms with E-state index in [2.05, 4.69) is 10.2 Å². The first-order chi connectivity index (χ1) is 15.0. The van der Waals surface area contributed by atoms with Crippen molar-refractivity contribution in [2.45, 2.75) is 51.0 Å². The summed E-state index contributed by atoms with van der Waals surface area (Å²) in [6.07, 6.45) is 6.77. The Morgan fingerprint density at radius 2 is 1.71 bits per heavy atom. The number of benzene rings is 1. The fourth-order valence-corrected chi connectivity index (χ4v) is 4.59. The van der Waals surface area contributed by atoms with Crippen LogP contribution >= 0.6 is 0 Å². The minimum absolute atomic E-state index is 0.124. The molecule has 0 spiro atoms. The second-order valence-electron chi connectivity index (χ2n) is 8.72. The van der Waals surface area contributed by atoms with Gasteiger partial charge in [0.1, 0.15) is 0 Å². The largest absolute Gasteiger partial charge is 0.385 e. The smallest absolute Gasteiger partial charge is 0.220 e. The number of nitrogens with one attached hydrogen (secondary N) is 1. The molecule has 1 aromatic carbocycles. The van der Waals surface area contributed by atoms with Crippen molar-refractivity contribution in [1.29, 1.82) is 0 Å². The van der Waals surface area contributed by atoms with Gasteiger partial charge in [0, 0.05) is 70.2 Å². The van der Waals surface area contributed by atoms with Crippen LogP contribution in [0, 0.1) is 23.4 Å². The molecule has 8 heteroatoms. The van der Waals surface area contributed by atoms with E-state index in [4.69, 9.17) is 4.74 Å². The van der Waals surface area contributed by atoms with Gasteiger partial charge >= 0.3 is 0 Å². The van der Waals surface area contributed by atoms with E-state index in [-0.39, 0.29) is 5.91 Å². The molecular weight excluding hydrogens is 407 g/mol. The van der Waals surface area contributed by atoms with Gasteiger partial charge in [0.25, 0.3) is 0 Å². The lowest BCUT2D eigenvalue weighted by Gasteiger charge is -2.37. The first-order valence-corrected chi connectivity index (χ1v) is 11.4. The van der Waals surface area contributed by atoms with Crippen molar-refractivity contribution < 1.29 is 22.7 Å². The van der Waals surface area contributed by atoms with Crippen molar-refractivity contribution in [2.75, 3.05) is 51.3 Å². The van der Waals surface area contributed by atoms with E-state index in [1.807, 2.05) is 4.90 Å². The predicted molar refractivity (Wildman–Crippen MR) is 115 cm³/mol. The number of hydrogen-bond acceptors (Lipinski definition) is 4. The second kappa shape index (κ2) is 11.7. The monoisotopic (exact) mass is 441 g/mol. The lowest BCUT2D eigenvalue weighted by atomic mass is 9.84. The molecule has 1 aliphatic heterocycles. The van der Waals surface area contributed by atoms with E-state index in [1.165, 1.54) is 0 Å². The Morgan fingerprint density at radius 3 is 2.32 bits per heavy atom. The van der Waals surface area contributed by atoms with Gasteiger partial charge in [0.05, 0.1) is 0 Å². The number of piperazine rings is 1. The highest BCUT2D eigenvalue weighted by Crippen LogP contribution is 2.28. The third-order valence-corrected chi connectivity index (χ3v) is 6.52. The molecule has 5 nitrogen and oxygen atoms in total. The van der Waals surface area contributed by atoms with Gasteiger partial charge < -0.3 is 15.0 Å². The summed E-state index contributed by atoms with van der Waals surface area (Å²) in [6.45, 7) is 4.63. The molecule has 0 unspecified atom stereocenters. The molecular formula is C23H34F3N3O2. The number of anilines is 1. The van der Waals surface area contributed by atoms with Crippen LogP contribution in [0.25, 0.3) is 0 Å². The number of ether oxygens (including phenoxy) is 1. The molecule has 1 heterocycles. The molecule has 0 aromatic heterocycles. The van der Waals surface area contributed by atoms with E-state index in [0.717, 1.165) is 70.3 Å². The Bertz CT molecular complexity index is 695. The number of methoxy groups -OCH3 is 1. The average molecular weight is 442 g/mol. The van der Waals surface area contributed by atoms with Gasteiger partial charge in [-0.05, 0) is 51.0 Å². The van der Waals surface area contributed by atoms with E-state index < -0.39 is 17.5 Å². The quantitative estimate of drug-likeness (QED) is 0.469. The van der Waals surface area contributed by atoms with Gasteiger partial charge in [-0.1, -0.05) is 0 Å². The summed E-state index contributed by atoms with van der Waals surface area (Å²) in [6, 6.07) is 2.44. The van der Waals surface area contributed by atoms with E-state index in [0.29, 0.717) is 43.8 Å². The SMILES string of the molecule is COCCCC(=O)NC1CCC(CCN2CCN(c3cc(F)c(F)c(F)c3)CC2)CC1. The van der Waals surface area contributed by atoms with Crippen molar-refractivity contribution in [3.63, 3.8) is 0 Å². The van der Waals surface area contributed by atoms with Crippen LogP contribution < -0.4 is 10.2 Å². The summed E-state index contributed by atoms with van der Waals surface area (Å²) in [4.78, 5) is 16.2. The topological polar surface area (TPSA) is 44.8 Å². The Morgan fingerprint density at radius 1 is 1.06 bits per heavy atom. The van der Waals surface area contributed by atoms with E-state index in [9.17, 15) is 18.0 Å². The summed E-state index contributed by atoms with van der Waals surface area (Å²) < 4.78 is 45.1. The molecule has 1 saturated carbocycles. The van der Waals surface area contributed by atoms with Crippen LogP contribution in [0.15, 0.2) is 12.1 Å². The maximum absolute atomic E-state index is 13.5. The van der Waals surface area contributed by atoms with Crippen LogP contribution in [0.5, 0.6) is 0 Å². The highest BCUT2D eigenvalue weighted by molar-refractivity contribution is 5.76. The minimum atomic E-state index is -1.41. The zero-order chi connectivity index (χ0) is 22.2. The number of amides is 1. The predicted octanol–water partition coefficient (Wildman–Crippen LogP) is 3.72. The molecule has 174 valence electrons. The third-order valence-electron chi connectivity index (χ3n) is 6.52. The van der Waals surface area contributed by atoms with Crippen molar-refractivity contribution in [1.82, 2.24) is 10.2 Å². The Labute approximate surface area is 182 Å². The van der Waals surface area contributed by atoms with Gasteiger partial charge in [-0.2, -0.15) is 0 Å². The van der Waals surface area contributed by atoms with Crippen molar-refractivity contribution >= 4 is 11.6 Å². The normalized spacial score (nSPS) is 22.5. The lowest BCUT2D eigenvalue weighted by Crippen LogP contribution is -2.47. The Balaban J connectivity index is 1.32. The summed E-state index contributed by atoms with van der Waals surface area (Å²) >= 11 is 0. The first kappa shape index (κ1) is 23.9. The van der Waals surface area contributed by atoms with Crippen molar-refractivity contribution in [2.24, 2.45) is 5.92 Å². The molecule has 0 atom stereocenters. The molecule has 0 radical (unpaired) electrons. The van der Waals surface area contributed by atoms with Gasteiger partial charge in [-0.25, -0.2) is 13.2 Å². The summed E-state index contributed by atoms with van der Waals surface area (Å²) in [5.41, 5.74) is 0.402. The molecule has 1 aromatic rings. The number of halogens is 3. The Kier molecular flexibility index (Phi) is 9.02. The first-order valence-electron chi connectivity index (χ1n) is 11.4. The number of carbonyl (C=O) groups is 1. The molecule has 2 aliphatic rings. The molecule has 1 saturated heterocycles. The highest BCUT2D eigenvalue weighted by Gasteiger charge is 2.24. The van der Waals surface area contributed by atoms with Crippen LogP contribution in [0.4, 0.5) is 18.9 Å². The van der Waals surface area contributed by atoms with Crippen molar-refractivity contribution in [3.05, 3.63) is 29.6 Å². The maximum Gasteiger partial charge on any atom is 0.220 e. The van der Waals surface area contributed by atoms with E-state index >= 15 is 0 Å². The summed E-state index contributed by atoms with van der Waals surface area (Å²) in [5, 5.41) is 3.15. The van der Waals surface area contributed by atoms with Crippen LogP contribution in [0.3, 0.4) is 0 Å². The van der Waals surface area contributed by atoms with Gasteiger partial charge in [0.2, 0.25) is 5.91 Å². The van der Waals surface area contributed by atoms with Crippen molar-refractivity contribution in [3.8, 4) is 0 Å². The molecule has 3 rings (SSSR count). The minimum Gasteiger partial charge on any atom is -0.385 e. The van der Waals surface area contributed by atoms with Crippen LogP contribution in [0.1, 0.15) is 44.9 Å². The highest BCUT2D eigenvalue weighted by atomic mass is 19.2. The molecule has 1 N–H and O–H groups in total. The zero-order valence-corrected chi connectivity index (χ0v) is 18.3. The fourth-order valence-electron chi connectivity index (χ4n) is 4.59. The third kappa shape index (κ3) is 7.10. The van der Waals surface area contributed by atoms with E-state index in [1.54, 1.807) is 7.11 Å². The van der Waals surface area contributed by atoms with Crippen LogP contribution in [-0.4, -0.2) is 63.3 Å². The van der Waals surface area contributed by atoms with Gasteiger partial charge in [-0.3, -0.25) is 9.69 Å². The molecule has 1 aliphatic carbocycles. The molecule has 31 heavy (non-hydrogen) atoms. The van der Waals surface area contributed by atoms with Gasteiger partial charge in [-0.15, -0.1) is 0 Å². The zero-order valence-electron chi connectivity index (χ0n) is 18.3. The summed E-state index contributed by atoms with van der Waals surface area (Å²) in [7, 11) is 1.65. The molecule has 0 bridgehead atoms. The Hall–Kier alpha value is -1.80. The standard InChI is InChI=1S/C23H34F3N3O2/c1-31-14-2-3-22(30)27-18-6-4-17(5-7-18)8-9-28-10-12-29(13-11-28)19-15-20(24)23(26)21(25)16-19/h15-18H,2-14H2,1H3,(H,27,30). The maximum atomic E-state index is 13.5. The second-order valence-corrected chi connectivity index (χ2v) is 8.72. The van der Waals surface area contributed by atoms with Crippen LogP contribution in [-0.2, 0) is 9.53 Å². The molecule has 2 fully saturated rings. The number of hydrogen-bond donors (Lipinski definition) is 1. The lowest BCUT2D eigenvalue weighted by molar-refractivity contribution is -0.122. The van der Waals surface area contributed by atoms with Gasteiger partial charge in [0.15, 0.2) is 17.5 Å². The number of carbonyl (C=O) groups excluding carboxylic acids is 1. The molecule has 1 amide bonds. The summed E-state index contributed by atoms with van der Waals surface area (Å²) in [5.74, 6) is -2.89. The number of nitrogens with zero attached hydrogens (tertiary/aromatic N) is 2. The average Bonchev–Trinajstić information content (AvgIpc) is 2.77. The fraction of sp³-hybridized carbons (Fsp3) is 0.696. The number of rotatable bonds is 9. The van der Waals surface area contributed by atoms with Crippen LogP contribution in [0.2, 0.25) is 0 Å².